The van der Waals surface area contributed by atoms with E-state index in [0.29, 0.717) is 11.3 Å². The molecule has 92 valence electrons. The highest BCUT2D eigenvalue weighted by molar-refractivity contribution is 14.1. The number of amides is 1. The standard InChI is InChI=1S/C14H13IN2O/c1-8-10(14(17)18)7-11(15)12(13(8)16)9-5-3-2-4-6-9/h2-7H,16H2,1H3,(H2,17,18). The van der Waals surface area contributed by atoms with Crippen LogP contribution in [-0.4, -0.2) is 5.91 Å². The third kappa shape index (κ3) is 2.20. The van der Waals surface area contributed by atoms with Gasteiger partial charge in [-0.3, -0.25) is 4.79 Å². The van der Waals surface area contributed by atoms with E-state index in [1.165, 1.54) is 0 Å². The molecule has 0 fully saturated rings. The maximum atomic E-state index is 11.3. The van der Waals surface area contributed by atoms with Crippen LogP contribution in [0.25, 0.3) is 11.1 Å². The molecule has 4 N–H and O–H groups in total. The van der Waals surface area contributed by atoms with Crippen molar-refractivity contribution < 1.29 is 4.79 Å². The van der Waals surface area contributed by atoms with Crippen molar-refractivity contribution in [3.8, 4) is 11.1 Å². The van der Waals surface area contributed by atoms with E-state index in [1.807, 2.05) is 37.3 Å². The van der Waals surface area contributed by atoms with E-state index in [-0.39, 0.29) is 0 Å². The van der Waals surface area contributed by atoms with Crippen LogP contribution in [0.1, 0.15) is 15.9 Å². The van der Waals surface area contributed by atoms with E-state index in [2.05, 4.69) is 22.6 Å². The predicted octanol–water partition coefficient (Wildman–Crippen LogP) is 2.95. The van der Waals surface area contributed by atoms with Crippen molar-refractivity contribution in [2.24, 2.45) is 5.73 Å². The van der Waals surface area contributed by atoms with E-state index < -0.39 is 5.91 Å². The molecule has 0 radical (unpaired) electrons. The molecule has 0 aromatic heterocycles. The maximum absolute atomic E-state index is 11.3. The predicted molar refractivity (Wildman–Crippen MR) is 82.3 cm³/mol. The number of hydrogen-bond donors (Lipinski definition) is 2. The van der Waals surface area contributed by atoms with E-state index in [1.54, 1.807) is 6.07 Å². The summed E-state index contributed by atoms with van der Waals surface area (Å²) in [5.74, 6) is -0.447. The number of halogens is 1. The number of rotatable bonds is 2. The topological polar surface area (TPSA) is 69.1 Å². The van der Waals surface area contributed by atoms with Crippen molar-refractivity contribution in [2.75, 3.05) is 5.73 Å². The van der Waals surface area contributed by atoms with Crippen LogP contribution in [0.3, 0.4) is 0 Å². The largest absolute Gasteiger partial charge is 0.398 e. The number of benzene rings is 2. The summed E-state index contributed by atoms with van der Waals surface area (Å²) in [4.78, 5) is 11.3. The lowest BCUT2D eigenvalue weighted by molar-refractivity contribution is 0.0999. The Kier molecular flexibility index (Phi) is 3.56. The first-order valence-corrected chi connectivity index (χ1v) is 6.54. The Hall–Kier alpha value is -1.56. The van der Waals surface area contributed by atoms with Gasteiger partial charge in [-0.15, -0.1) is 0 Å². The second-order valence-electron chi connectivity index (χ2n) is 4.05. The summed E-state index contributed by atoms with van der Waals surface area (Å²) < 4.78 is 0.927. The number of carbonyl (C=O) groups excluding carboxylic acids is 1. The first-order valence-electron chi connectivity index (χ1n) is 5.46. The van der Waals surface area contributed by atoms with Crippen LogP contribution in [0.5, 0.6) is 0 Å². The van der Waals surface area contributed by atoms with Gasteiger partial charge in [0, 0.05) is 20.4 Å². The average Bonchev–Trinajstić information content (AvgIpc) is 2.35. The Balaban J connectivity index is 2.71. The number of anilines is 1. The van der Waals surface area contributed by atoms with Crippen molar-refractivity contribution >= 4 is 34.2 Å². The Bertz CT molecular complexity index is 609. The highest BCUT2D eigenvalue weighted by Crippen LogP contribution is 2.34. The molecule has 2 rings (SSSR count). The Labute approximate surface area is 119 Å². The third-order valence-corrected chi connectivity index (χ3v) is 3.77. The van der Waals surface area contributed by atoms with Gasteiger partial charge in [0.15, 0.2) is 0 Å². The molecule has 0 atom stereocenters. The van der Waals surface area contributed by atoms with Gasteiger partial charge in [0.2, 0.25) is 5.91 Å². The minimum absolute atomic E-state index is 0.447. The van der Waals surface area contributed by atoms with Gasteiger partial charge in [0.1, 0.15) is 0 Å². The second kappa shape index (κ2) is 4.97. The van der Waals surface area contributed by atoms with Gasteiger partial charge in [-0.1, -0.05) is 30.3 Å². The van der Waals surface area contributed by atoms with Crippen LogP contribution in [0.15, 0.2) is 36.4 Å². The molecule has 2 aromatic carbocycles. The van der Waals surface area contributed by atoms with Crippen LogP contribution in [-0.2, 0) is 0 Å². The molecule has 18 heavy (non-hydrogen) atoms. The molecule has 1 amide bonds. The van der Waals surface area contributed by atoms with Crippen molar-refractivity contribution in [3.63, 3.8) is 0 Å². The summed E-state index contributed by atoms with van der Waals surface area (Å²) >= 11 is 2.18. The first-order chi connectivity index (χ1) is 8.52. The molecule has 0 aliphatic rings. The molecule has 0 saturated heterocycles. The molecule has 2 aromatic rings. The summed E-state index contributed by atoms with van der Waals surface area (Å²) in [5.41, 5.74) is 15.3. The van der Waals surface area contributed by atoms with Crippen LogP contribution < -0.4 is 11.5 Å². The van der Waals surface area contributed by atoms with Gasteiger partial charge >= 0.3 is 0 Å². The Morgan fingerprint density at radius 2 is 1.83 bits per heavy atom. The van der Waals surface area contributed by atoms with Gasteiger partial charge in [0.05, 0.1) is 0 Å². The summed E-state index contributed by atoms with van der Waals surface area (Å²) in [6.07, 6.45) is 0. The average molecular weight is 352 g/mol. The van der Waals surface area contributed by atoms with Crippen LogP contribution >= 0.6 is 22.6 Å². The molecular formula is C14H13IN2O. The molecule has 0 aliphatic heterocycles. The van der Waals surface area contributed by atoms with Crippen LogP contribution in [0.4, 0.5) is 5.69 Å². The zero-order valence-electron chi connectivity index (χ0n) is 9.91. The van der Waals surface area contributed by atoms with Crippen molar-refractivity contribution in [2.45, 2.75) is 6.92 Å². The fourth-order valence-corrected chi connectivity index (χ4v) is 2.84. The molecule has 0 heterocycles. The van der Waals surface area contributed by atoms with E-state index >= 15 is 0 Å². The van der Waals surface area contributed by atoms with Gasteiger partial charge in [0.25, 0.3) is 0 Å². The number of carbonyl (C=O) groups is 1. The SMILES string of the molecule is Cc1c(C(N)=O)cc(I)c(-c2ccccc2)c1N. The lowest BCUT2D eigenvalue weighted by atomic mass is 9.97. The van der Waals surface area contributed by atoms with Crippen LogP contribution in [0, 0.1) is 10.5 Å². The maximum Gasteiger partial charge on any atom is 0.249 e. The fourth-order valence-electron chi connectivity index (χ4n) is 1.92. The molecule has 4 heteroatoms. The normalized spacial score (nSPS) is 10.3. The number of primary amides is 1. The van der Waals surface area contributed by atoms with Crippen molar-refractivity contribution in [1.29, 1.82) is 0 Å². The smallest absolute Gasteiger partial charge is 0.249 e. The van der Waals surface area contributed by atoms with Crippen LogP contribution in [0.2, 0.25) is 0 Å². The number of nitrogen functional groups attached to an aromatic ring is 1. The van der Waals surface area contributed by atoms with Gasteiger partial charge in [-0.25, -0.2) is 0 Å². The van der Waals surface area contributed by atoms with Gasteiger partial charge in [-0.05, 0) is 46.7 Å². The van der Waals surface area contributed by atoms with E-state index in [4.69, 9.17) is 11.5 Å². The lowest BCUT2D eigenvalue weighted by Crippen LogP contribution is -2.14. The van der Waals surface area contributed by atoms with Crippen molar-refractivity contribution in [3.05, 3.63) is 51.1 Å². The van der Waals surface area contributed by atoms with E-state index in [0.717, 1.165) is 20.3 Å². The number of hydrogen-bond acceptors (Lipinski definition) is 2. The monoisotopic (exact) mass is 352 g/mol. The quantitative estimate of drug-likeness (QED) is 0.645. The molecule has 0 unspecified atom stereocenters. The molecule has 0 spiro atoms. The Morgan fingerprint density at radius 3 is 2.39 bits per heavy atom. The summed E-state index contributed by atoms with van der Waals surface area (Å²) in [6, 6.07) is 11.7. The fraction of sp³-hybridized carbons (Fsp3) is 0.0714. The summed E-state index contributed by atoms with van der Waals surface area (Å²) in [6.45, 7) is 1.82. The van der Waals surface area contributed by atoms with Gasteiger partial charge < -0.3 is 11.5 Å². The van der Waals surface area contributed by atoms with Crippen molar-refractivity contribution in [1.82, 2.24) is 0 Å². The minimum atomic E-state index is -0.447. The highest BCUT2D eigenvalue weighted by atomic mass is 127. The second-order valence-corrected chi connectivity index (χ2v) is 5.21. The molecule has 0 aliphatic carbocycles. The van der Waals surface area contributed by atoms with Gasteiger partial charge in [-0.2, -0.15) is 0 Å². The molecule has 0 saturated carbocycles. The zero-order valence-corrected chi connectivity index (χ0v) is 12.1. The first kappa shape index (κ1) is 12.9. The summed E-state index contributed by atoms with van der Waals surface area (Å²) in [5, 5.41) is 0. The zero-order chi connectivity index (χ0) is 13.3. The Morgan fingerprint density at radius 1 is 1.22 bits per heavy atom. The highest BCUT2D eigenvalue weighted by Gasteiger charge is 2.15. The lowest BCUT2D eigenvalue weighted by Gasteiger charge is -2.14. The molecule has 3 nitrogen and oxygen atoms in total. The minimum Gasteiger partial charge on any atom is -0.398 e. The third-order valence-electron chi connectivity index (χ3n) is 2.92. The summed E-state index contributed by atoms with van der Waals surface area (Å²) in [7, 11) is 0. The molecule has 0 bridgehead atoms. The molecular weight excluding hydrogens is 339 g/mol. The van der Waals surface area contributed by atoms with E-state index in [9.17, 15) is 4.79 Å². The number of nitrogens with two attached hydrogens (primary N) is 2.